The van der Waals surface area contributed by atoms with Crippen molar-refractivity contribution in [2.24, 2.45) is 17.8 Å². The number of Topliss-reactive ketones (excluding diaryl/α,β-unsaturated/α-hetero) is 1. The van der Waals surface area contributed by atoms with E-state index < -0.39 is 0 Å². The zero-order valence-electron chi connectivity index (χ0n) is 13.8. The summed E-state index contributed by atoms with van der Waals surface area (Å²) < 4.78 is 0. The first-order valence-corrected chi connectivity index (χ1v) is 8.33. The highest BCUT2D eigenvalue weighted by Crippen LogP contribution is 2.40. The maximum absolute atomic E-state index is 12.5. The molecule has 114 valence electrons. The molecule has 2 heterocycles. The minimum absolute atomic E-state index is 0.247. The van der Waals surface area contributed by atoms with E-state index in [4.69, 9.17) is 0 Å². The molecule has 2 heteroatoms. The molecule has 1 fully saturated rings. The van der Waals surface area contributed by atoms with Crippen LogP contribution < -0.4 is 0 Å². The van der Waals surface area contributed by atoms with E-state index in [9.17, 15) is 4.79 Å². The van der Waals surface area contributed by atoms with E-state index in [1.54, 1.807) is 0 Å². The van der Waals surface area contributed by atoms with Crippen LogP contribution in [0.4, 0.5) is 0 Å². The minimum atomic E-state index is 0.247. The van der Waals surface area contributed by atoms with Crippen LogP contribution in [0.15, 0.2) is 34.6 Å². The second kappa shape index (κ2) is 5.47. The Bertz CT molecular complexity index is 550. The third kappa shape index (κ3) is 2.73. The molecule has 3 aliphatic rings. The summed E-state index contributed by atoms with van der Waals surface area (Å²) in [4.78, 5) is 15.0. The average molecular weight is 285 g/mol. The van der Waals surface area contributed by atoms with Crippen molar-refractivity contribution in [1.82, 2.24) is 4.90 Å². The Hall–Kier alpha value is -1.31. The van der Waals surface area contributed by atoms with Gasteiger partial charge in [-0.1, -0.05) is 31.6 Å². The Kier molecular flexibility index (Phi) is 3.81. The number of piperidine rings is 1. The summed E-state index contributed by atoms with van der Waals surface area (Å²) in [5.74, 6) is 1.85. The lowest BCUT2D eigenvalue weighted by Gasteiger charge is -2.43. The maximum Gasteiger partial charge on any atom is 0.143 e. The van der Waals surface area contributed by atoms with E-state index >= 15 is 0 Å². The lowest BCUT2D eigenvalue weighted by atomic mass is 9.78. The molecule has 0 aromatic heterocycles. The van der Waals surface area contributed by atoms with Crippen LogP contribution in [-0.2, 0) is 4.79 Å². The molecule has 0 saturated carbocycles. The van der Waals surface area contributed by atoms with Gasteiger partial charge in [-0.3, -0.25) is 4.79 Å². The van der Waals surface area contributed by atoms with Crippen LogP contribution in [0.5, 0.6) is 0 Å². The highest BCUT2D eigenvalue weighted by Gasteiger charge is 2.36. The fourth-order valence-electron chi connectivity index (χ4n) is 3.99. The Morgan fingerprint density at radius 1 is 1.29 bits per heavy atom. The van der Waals surface area contributed by atoms with E-state index in [-0.39, 0.29) is 5.92 Å². The molecule has 0 N–H and O–H groups in total. The molecule has 3 rings (SSSR count). The Labute approximate surface area is 128 Å². The Balaban J connectivity index is 1.89. The molecule has 0 bridgehead atoms. The Morgan fingerprint density at radius 3 is 2.76 bits per heavy atom. The molecule has 2 nitrogen and oxygen atoms in total. The SMILES string of the molecule is CC1=CC2=C3CC(=O)C(CC(C)C)CN3CCC2C=C1C. The summed E-state index contributed by atoms with van der Waals surface area (Å²) in [6, 6.07) is 0. The smallest absolute Gasteiger partial charge is 0.143 e. The summed E-state index contributed by atoms with van der Waals surface area (Å²) in [5.41, 5.74) is 5.49. The number of fused-ring (bicyclic) bond motifs is 2. The highest BCUT2D eigenvalue weighted by molar-refractivity contribution is 5.85. The number of hydrogen-bond donors (Lipinski definition) is 0. The van der Waals surface area contributed by atoms with Crippen molar-refractivity contribution in [3.63, 3.8) is 0 Å². The maximum atomic E-state index is 12.5. The van der Waals surface area contributed by atoms with Crippen LogP contribution in [0, 0.1) is 17.8 Å². The number of carbonyl (C=O) groups excluding carboxylic acids is 1. The molecule has 0 aromatic rings. The van der Waals surface area contributed by atoms with Crippen LogP contribution >= 0.6 is 0 Å². The van der Waals surface area contributed by atoms with Gasteiger partial charge < -0.3 is 4.90 Å². The van der Waals surface area contributed by atoms with Gasteiger partial charge in [0.15, 0.2) is 0 Å². The fraction of sp³-hybridized carbons (Fsp3) is 0.632. The monoisotopic (exact) mass is 285 g/mol. The topological polar surface area (TPSA) is 20.3 Å². The molecule has 2 aliphatic heterocycles. The van der Waals surface area contributed by atoms with E-state index in [2.05, 4.69) is 44.7 Å². The van der Waals surface area contributed by atoms with Crippen molar-refractivity contribution >= 4 is 5.78 Å². The molecule has 2 unspecified atom stereocenters. The van der Waals surface area contributed by atoms with Crippen LogP contribution in [0.3, 0.4) is 0 Å². The molecular formula is C19H27NO. The molecule has 1 aliphatic carbocycles. The van der Waals surface area contributed by atoms with Gasteiger partial charge in [0.2, 0.25) is 0 Å². The van der Waals surface area contributed by atoms with Crippen molar-refractivity contribution in [2.45, 2.75) is 47.0 Å². The first kappa shape index (κ1) is 14.6. The van der Waals surface area contributed by atoms with Gasteiger partial charge in [0.05, 0.1) is 0 Å². The number of allylic oxidation sites excluding steroid dienone is 6. The minimum Gasteiger partial charge on any atom is -0.373 e. The van der Waals surface area contributed by atoms with Crippen LogP contribution in [0.25, 0.3) is 0 Å². The van der Waals surface area contributed by atoms with Gasteiger partial charge in [-0.2, -0.15) is 0 Å². The standard InChI is InChI=1S/C19H27NO/c1-12(2)7-16-11-20-6-5-15-8-13(3)14(4)9-17(15)18(20)10-19(16)21/h8-9,12,15-16H,5-7,10-11H2,1-4H3. The number of ketones is 1. The molecule has 0 spiro atoms. The van der Waals surface area contributed by atoms with Gasteiger partial charge in [0, 0.05) is 37.0 Å². The quantitative estimate of drug-likeness (QED) is 0.761. The van der Waals surface area contributed by atoms with Gasteiger partial charge in [0.25, 0.3) is 0 Å². The van der Waals surface area contributed by atoms with E-state index in [0.717, 1.165) is 19.5 Å². The number of carbonyl (C=O) groups is 1. The van der Waals surface area contributed by atoms with Crippen LogP contribution in [0.2, 0.25) is 0 Å². The van der Waals surface area contributed by atoms with E-state index in [1.807, 2.05) is 0 Å². The molecular weight excluding hydrogens is 258 g/mol. The Morgan fingerprint density at radius 2 is 2.05 bits per heavy atom. The molecule has 2 atom stereocenters. The normalized spacial score (nSPS) is 29.2. The number of nitrogens with zero attached hydrogens (tertiary/aromatic N) is 1. The first-order chi connectivity index (χ1) is 9.95. The second-order valence-electron chi connectivity index (χ2n) is 7.39. The zero-order chi connectivity index (χ0) is 15.1. The zero-order valence-corrected chi connectivity index (χ0v) is 13.8. The lowest BCUT2D eigenvalue weighted by molar-refractivity contribution is -0.125. The summed E-state index contributed by atoms with van der Waals surface area (Å²) in [6.07, 6.45) is 7.62. The third-order valence-electron chi connectivity index (χ3n) is 5.26. The molecule has 1 saturated heterocycles. The summed E-state index contributed by atoms with van der Waals surface area (Å²) >= 11 is 0. The largest absolute Gasteiger partial charge is 0.373 e. The molecule has 0 amide bonds. The molecule has 21 heavy (non-hydrogen) atoms. The van der Waals surface area contributed by atoms with Crippen molar-refractivity contribution < 1.29 is 4.79 Å². The molecule has 0 radical (unpaired) electrons. The van der Waals surface area contributed by atoms with Crippen molar-refractivity contribution in [1.29, 1.82) is 0 Å². The summed E-state index contributed by atoms with van der Waals surface area (Å²) in [6.45, 7) is 10.9. The first-order valence-electron chi connectivity index (χ1n) is 8.33. The van der Waals surface area contributed by atoms with Crippen molar-refractivity contribution in [3.8, 4) is 0 Å². The van der Waals surface area contributed by atoms with Gasteiger partial charge in [0.1, 0.15) is 5.78 Å². The third-order valence-corrected chi connectivity index (χ3v) is 5.26. The number of hydrogen-bond acceptors (Lipinski definition) is 2. The fourth-order valence-corrected chi connectivity index (χ4v) is 3.99. The summed E-state index contributed by atoms with van der Waals surface area (Å²) in [7, 11) is 0. The van der Waals surface area contributed by atoms with Gasteiger partial charge in [-0.25, -0.2) is 0 Å². The van der Waals surface area contributed by atoms with Crippen molar-refractivity contribution in [2.75, 3.05) is 13.1 Å². The molecule has 0 aromatic carbocycles. The van der Waals surface area contributed by atoms with Gasteiger partial charge in [-0.05, 0) is 43.8 Å². The number of rotatable bonds is 2. The van der Waals surface area contributed by atoms with Crippen molar-refractivity contribution in [3.05, 3.63) is 34.6 Å². The predicted octanol–water partition coefficient (Wildman–Crippen LogP) is 4.10. The highest BCUT2D eigenvalue weighted by atomic mass is 16.1. The van der Waals surface area contributed by atoms with E-state index in [0.29, 0.717) is 24.0 Å². The van der Waals surface area contributed by atoms with Crippen LogP contribution in [-0.4, -0.2) is 23.8 Å². The second-order valence-corrected chi connectivity index (χ2v) is 7.39. The van der Waals surface area contributed by atoms with Gasteiger partial charge in [-0.15, -0.1) is 0 Å². The summed E-state index contributed by atoms with van der Waals surface area (Å²) in [5, 5.41) is 0. The lowest BCUT2D eigenvalue weighted by Crippen LogP contribution is -2.44. The van der Waals surface area contributed by atoms with Gasteiger partial charge >= 0.3 is 0 Å². The average Bonchev–Trinajstić information content (AvgIpc) is 2.41. The predicted molar refractivity (Wildman–Crippen MR) is 86.8 cm³/mol. The van der Waals surface area contributed by atoms with E-state index in [1.165, 1.54) is 28.8 Å². The van der Waals surface area contributed by atoms with Crippen LogP contribution in [0.1, 0.15) is 47.0 Å².